The first-order valence-electron chi connectivity index (χ1n) is 5.48. The van der Waals surface area contributed by atoms with E-state index in [2.05, 4.69) is 29.1 Å². The molecule has 0 aliphatic carbocycles. The van der Waals surface area contributed by atoms with E-state index in [0.717, 1.165) is 11.5 Å². The summed E-state index contributed by atoms with van der Waals surface area (Å²) in [6.45, 7) is 5.86. The Balaban J connectivity index is 2.33. The van der Waals surface area contributed by atoms with Crippen molar-refractivity contribution >= 4 is 5.82 Å². The van der Waals surface area contributed by atoms with Gasteiger partial charge in [0.15, 0.2) is 0 Å². The third kappa shape index (κ3) is 4.55. The molecule has 1 rings (SSSR count). The molecule has 90 valence electrons. The van der Waals surface area contributed by atoms with Gasteiger partial charge in [-0.05, 0) is 5.92 Å². The molecule has 0 aliphatic rings. The van der Waals surface area contributed by atoms with Crippen LogP contribution in [0.15, 0.2) is 12.4 Å². The van der Waals surface area contributed by atoms with Gasteiger partial charge in [-0.2, -0.15) is 0 Å². The second-order valence-corrected chi connectivity index (χ2v) is 3.75. The van der Waals surface area contributed by atoms with Crippen molar-refractivity contribution in [2.45, 2.75) is 19.8 Å². The Morgan fingerprint density at radius 3 is 2.88 bits per heavy atom. The van der Waals surface area contributed by atoms with Crippen LogP contribution in [0.2, 0.25) is 0 Å². The predicted molar refractivity (Wildman–Crippen MR) is 62.5 cm³/mol. The number of hydrogen-bond donors (Lipinski definition) is 2. The Kier molecular flexibility index (Phi) is 5.74. The second kappa shape index (κ2) is 7.14. The molecule has 0 saturated heterocycles. The number of anilines is 1. The lowest BCUT2D eigenvalue weighted by atomic mass is 10.1. The summed E-state index contributed by atoms with van der Waals surface area (Å²) in [7, 11) is 0. The first kappa shape index (κ1) is 12.9. The summed E-state index contributed by atoms with van der Waals surface area (Å²) in [5, 5.41) is 11.7. The van der Waals surface area contributed by atoms with Crippen molar-refractivity contribution in [1.29, 1.82) is 0 Å². The fraction of sp³-hybridized carbons (Fsp3) is 0.636. The van der Waals surface area contributed by atoms with E-state index >= 15 is 0 Å². The van der Waals surface area contributed by atoms with Gasteiger partial charge < -0.3 is 15.2 Å². The number of ether oxygens (including phenoxy) is 1. The molecule has 0 fully saturated rings. The number of nitrogens with one attached hydrogen (secondary N) is 1. The molecule has 0 saturated carbocycles. The fourth-order valence-electron chi connectivity index (χ4n) is 1.20. The van der Waals surface area contributed by atoms with Gasteiger partial charge in [0.1, 0.15) is 12.1 Å². The van der Waals surface area contributed by atoms with Gasteiger partial charge in [-0.3, -0.25) is 0 Å². The standard InChI is InChI=1S/C11H19N3O2/c1-9(2)10-7-11(14-8-13-10)12-3-5-16-6-4-15/h7-9,15H,3-6H2,1-2H3,(H,12,13,14). The molecule has 0 radical (unpaired) electrons. The van der Waals surface area contributed by atoms with Crippen LogP contribution in [0, 0.1) is 0 Å². The molecule has 0 spiro atoms. The average molecular weight is 225 g/mol. The van der Waals surface area contributed by atoms with Crippen molar-refractivity contribution in [3.63, 3.8) is 0 Å². The van der Waals surface area contributed by atoms with Crippen molar-refractivity contribution in [3.05, 3.63) is 18.1 Å². The van der Waals surface area contributed by atoms with E-state index in [-0.39, 0.29) is 6.61 Å². The van der Waals surface area contributed by atoms with Crippen LogP contribution >= 0.6 is 0 Å². The molecular formula is C11H19N3O2. The minimum absolute atomic E-state index is 0.0605. The summed E-state index contributed by atoms with van der Waals surface area (Å²) < 4.78 is 5.13. The highest BCUT2D eigenvalue weighted by molar-refractivity contribution is 5.35. The van der Waals surface area contributed by atoms with E-state index < -0.39 is 0 Å². The smallest absolute Gasteiger partial charge is 0.129 e. The molecule has 1 aromatic rings. The van der Waals surface area contributed by atoms with E-state index in [4.69, 9.17) is 9.84 Å². The molecule has 1 heterocycles. The van der Waals surface area contributed by atoms with E-state index in [1.165, 1.54) is 0 Å². The largest absolute Gasteiger partial charge is 0.394 e. The average Bonchev–Trinajstić information content (AvgIpc) is 2.29. The fourth-order valence-corrected chi connectivity index (χ4v) is 1.20. The van der Waals surface area contributed by atoms with Gasteiger partial charge in [-0.25, -0.2) is 9.97 Å². The summed E-state index contributed by atoms with van der Waals surface area (Å²) >= 11 is 0. The van der Waals surface area contributed by atoms with Crippen molar-refractivity contribution in [2.75, 3.05) is 31.7 Å². The predicted octanol–water partition coefficient (Wildman–Crippen LogP) is 1.02. The Hall–Kier alpha value is -1.20. The summed E-state index contributed by atoms with van der Waals surface area (Å²) in [6.07, 6.45) is 1.56. The Morgan fingerprint density at radius 1 is 1.38 bits per heavy atom. The summed E-state index contributed by atoms with van der Waals surface area (Å²) in [5.41, 5.74) is 1.02. The maximum absolute atomic E-state index is 8.51. The summed E-state index contributed by atoms with van der Waals surface area (Å²) in [4.78, 5) is 8.29. The van der Waals surface area contributed by atoms with Crippen LogP contribution in [0.5, 0.6) is 0 Å². The monoisotopic (exact) mass is 225 g/mol. The highest BCUT2D eigenvalue weighted by Gasteiger charge is 2.02. The molecule has 2 N–H and O–H groups in total. The van der Waals surface area contributed by atoms with Gasteiger partial charge >= 0.3 is 0 Å². The van der Waals surface area contributed by atoms with Crippen molar-refractivity contribution in [3.8, 4) is 0 Å². The highest BCUT2D eigenvalue weighted by Crippen LogP contribution is 2.13. The van der Waals surface area contributed by atoms with Crippen LogP contribution < -0.4 is 5.32 Å². The molecule has 0 aromatic carbocycles. The molecule has 0 aliphatic heterocycles. The van der Waals surface area contributed by atoms with Crippen LogP contribution in [0.4, 0.5) is 5.82 Å². The van der Waals surface area contributed by atoms with Crippen LogP contribution in [-0.2, 0) is 4.74 Å². The van der Waals surface area contributed by atoms with Gasteiger partial charge in [0.25, 0.3) is 0 Å². The number of hydrogen-bond acceptors (Lipinski definition) is 5. The van der Waals surface area contributed by atoms with E-state index in [9.17, 15) is 0 Å². The van der Waals surface area contributed by atoms with Gasteiger partial charge in [0.05, 0.1) is 19.8 Å². The van der Waals surface area contributed by atoms with Crippen LogP contribution in [0.3, 0.4) is 0 Å². The Bertz CT molecular complexity index is 305. The molecule has 16 heavy (non-hydrogen) atoms. The molecule has 0 atom stereocenters. The van der Waals surface area contributed by atoms with Gasteiger partial charge in [-0.15, -0.1) is 0 Å². The van der Waals surface area contributed by atoms with Gasteiger partial charge in [0.2, 0.25) is 0 Å². The second-order valence-electron chi connectivity index (χ2n) is 3.75. The molecule has 1 aromatic heterocycles. The van der Waals surface area contributed by atoms with Crippen molar-refractivity contribution in [2.24, 2.45) is 0 Å². The maximum atomic E-state index is 8.51. The van der Waals surface area contributed by atoms with Crippen LogP contribution in [-0.4, -0.2) is 41.4 Å². The van der Waals surface area contributed by atoms with Crippen LogP contribution in [0.25, 0.3) is 0 Å². The lowest BCUT2D eigenvalue weighted by Gasteiger charge is -2.08. The molecular weight excluding hydrogens is 206 g/mol. The SMILES string of the molecule is CC(C)c1cc(NCCOCCO)ncn1. The number of rotatable bonds is 7. The van der Waals surface area contributed by atoms with E-state index in [0.29, 0.717) is 25.7 Å². The quantitative estimate of drug-likeness (QED) is 0.678. The lowest BCUT2D eigenvalue weighted by Crippen LogP contribution is -2.12. The summed E-state index contributed by atoms with van der Waals surface area (Å²) in [5.74, 6) is 1.21. The highest BCUT2D eigenvalue weighted by atomic mass is 16.5. The molecule has 5 nitrogen and oxygen atoms in total. The Labute approximate surface area is 95.9 Å². The topological polar surface area (TPSA) is 67.3 Å². The lowest BCUT2D eigenvalue weighted by molar-refractivity contribution is 0.0992. The van der Waals surface area contributed by atoms with Crippen LogP contribution in [0.1, 0.15) is 25.5 Å². The minimum atomic E-state index is 0.0605. The molecule has 5 heteroatoms. The third-order valence-corrected chi connectivity index (χ3v) is 2.07. The zero-order valence-electron chi connectivity index (χ0n) is 9.81. The Morgan fingerprint density at radius 2 is 2.19 bits per heavy atom. The van der Waals surface area contributed by atoms with Gasteiger partial charge in [0, 0.05) is 18.3 Å². The minimum Gasteiger partial charge on any atom is -0.394 e. The number of aliphatic hydroxyl groups is 1. The number of nitrogens with zero attached hydrogens (tertiary/aromatic N) is 2. The molecule has 0 bridgehead atoms. The normalized spacial score (nSPS) is 10.8. The zero-order valence-corrected chi connectivity index (χ0v) is 9.81. The maximum Gasteiger partial charge on any atom is 0.129 e. The first-order chi connectivity index (χ1) is 7.74. The zero-order chi connectivity index (χ0) is 11.8. The van der Waals surface area contributed by atoms with Crippen molar-refractivity contribution < 1.29 is 9.84 Å². The van der Waals surface area contributed by atoms with Crippen molar-refractivity contribution in [1.82, 2.24) is 9.97 Å². The number of aromatic nitrogens is 2. The van der Waals surface area contributed by atoms with E-state index in [1.807, 2.05) is 6.07 Å². The first-order valence-corrected chi connectivity index (χ1v) is 5.48. The molecule has 0 unspecified atom stereocenters. The third-order valence-electron chi connectivity index (χ3n) is 2.07. The number of aliphatic hydroxyl groups excluding tert-OH is 1. The van der Waals surface area contributed by atoms with E-state index in [1.54, 1.807) is 6.33 Å². The summed E-state index contributed by atoms with van der Waals surface area (Å²) in [6, 6.07) is 1.94. The van der Waals surface area contributed by atoms with Gasteiger partial charge in [-0.1, -0.05) is 13.8 Å². The molecule has 0 amide bonds.